The van der Waals surface area contributed by atoms with Crippen molar-refractivity contribution >= 4 is 6.03 Å². The predicted octanol–water partition coefficient (Wildman–Crippen LogP) is 3.67. The van der Waals surface area contributed by atoms with Crippen LogP contribution >= 0.6 is 0 Å². The highest BCUT2D eigenvalue weighted by atomic mass is 16.2. The molecule has 0 bridgehead atoms. The number of aromatic nitrogens is 2. The fraction of sp³-hybridized carbons (Fsp3) is 0.429. The molecule has 26 heavy (non-hydrogen) atoms. The van der Waals surface area contributed by atoms with Crippen LogP contribution in [0.4, 0.5) is 4.79 Å². The molecule has 5 nitrogen and oxygen atoms in total. The Bertz CT molecular complexity index is 792. The van der Waals surface area contributed by atoms with Crippen LogP contribution < -0.4 is 10.6 Å². The van der Waals surface area contributed by atoms with Gasteiger partial charge in [0.1, 0.15) is 0 Å². The first-order valence-corrected chi connectivity index (χ1v) is 9.27. The summed E-state index contributed by atoms with van der Waals surface area (Å²) in [6, 6.07) is 10.5. The highest BCUT2D eigenvalue weighted by Gasteiger charge is 2.26. The van der Waals surface area contributed by atoms with Crippen molar-refractivity contribution in [2.24, 2.45) is 0 Å². The molecule has 0 radical (unpaired) electrons. The van der Waals surface area contributed by atoms with Gasteiger partial charge in [-0.25, -0.2) is 4.79 Å². The highest BCUT2D eigenvalue weighted by Crippen LogP contribution is 2.33. The van der Waals surface area contributed by atoms with Crippen LogP contribution in [0.25, 0.3) is 0 Å². The van der Waals surface area contributed by atoms with Gasteiger partial charge in [0, 0.05) is 29.3 Å². The summed E-state index contributed by atoms with van der Waals surface area (Å²) in [5.41, 5.74) is 4.80. The minimum Gasteiger partial charge on any atom is -0.336 e. The number of carbonyl (C=O) groups excluding carboxylic acids is 1. The molecule has 0 saturated carbocycles. The monoisotopic (exact) mass is 352 g/mol. The van der Waals surface area contributed by atoms with Gasteiger partial charge in [-0.1, -0.05) is 42.5 Å². The molecule has 2 aromatic rings. The molecule has 138 valence electrons. The van der Waals surface area contributed by atoms with E-state index in [1.807, 2.05) is 19.9 Å². The van der Waals surface area contributed by atoms with E-state index >= 15 is 0 Å². The zero-order valence-corrected chi connectivity index (χ0v) is 16.0. The van der Waals surface area contributed by atoms with Gasteiger partial charge in [0.2, 0.25) is 0 Å². The molecule has 0 saturated heterocycles. The molecule has 1 aromatic heterocycles. The first-order valence-electron chi connectivity index (χ1n) is 9.27. The van der Waals surface area contributed by atoms with Crippen LogP contribution in [0.1, 0.15) is 48.7 Å². The Hall–Kier alpha value is -2.56. The van der Waals surface area contributed by atoms with E-state index in [-0.39, 0.29) is 18.1 Å². The van der Waals surface area contributed by atoms with Gasteiger partial charge in [-0.15, -0.1) is 0 Å². The Morgan fingerprint density at radius 3 is 2.65 bits per heavy atom. The maximum Gasteiger partial charge on any atom is 0.315 e. The Kier molecular flexibility index (Phi) is 5.45. The van der Waals surface area contributed by atoms with Crippen LogP contribution in [-0.2, 0) is 6.54 Å². The van der Waals surface area contributed by atoms with E-state index in [2.05, 4.69) is 65.6 Å². The number of urea groups is 1. The number of hydrogen-bond acceptors (Lipinski definition) is 2. The molecule has 5 heteroatoms. The largest absolute Gasteiger partial charge is 0.336 e. The number of carbonyl (C=O) groups is 1. The smallest absolute Gasteiger partial charge is 0.315 e. The van der Waals surface area contributed by atoms with E-state index < -0.39 is 0 Å². The van der Waals surface area contributed by atoms with E-state index in [9.17, 15) is 4.79 Å². The van der Waals surface area contributed by atoms with Crippen LogP contribution in [0.5, 0.6) is 0 Å². The Morgan fingerprint density at radius 2 is 1.96 bits per heavy atom. The second-order valence-electron chi connectivity index (χ2n) is 7.33. The quantitative estimate of drug-likeness (QED) is 0.807. The van der Waals surface area contributed by atoms with Gasteiger partial charge in [-0.3, -0.25) is 4.68 Å². The summed E-state index contributed by atoms with van der Waals surface area (Å²) in [6.07, 6.45) is 5.17. The molecule has 2 amide bonds. The van der Waals surface area contributed by atoms with Gasteiger partial charge in [0.25, 0.3) is 0 Å². The number of nitrogens with one attached hydrogen (secondary N) is 2. The van der Waals surface area contributed by atoms with Crippen molar-refractivity contribution in [1.29, 1.82) is 0 Å². The zero-order chi connectivity index (χ0) is 18.7. The third kappa shape index (κ3) is 4.15. The Balaban J connectivity index is 1.69. The minimum absolute atomic E-state index is 0.0648. The van der Waals surface area contributed by atoms with Gasteiger partial charge in [0.15, 0.2) is 0 Å². The van der Waals surface area contributed by atoms with Crippen molar-refractivity contribution in [3.05, 3.63) is 65.0 Å². The molecule has 0 unspecified atom stereocenters. The lowest BCUT2D eigenvalue weighted by atomic mass is 9.96. The summed E-state index contributed by atoms with van der Waals surface area (Å²) < 4.78 is 2.08. The molecule has 0 fully saturated rings. The third-order valence-corrected chi connectivity index (χ3v) is 4.80. The fourth-order valence-corrected chi connectivity index (χ4v) is 3.65. The maximum atomic E-state index is 11.9. The summed E-state index contributed by atoms with van der Waals surface area (Å²) in [6.45, 7) is 8.91. The van der Waals surface area contributed by atoms with E-state index in [4.69, 9.17) is 5.10 Å². The zero-order valence-electron chi connectivity index (χ0n) is 16.0. The standard InChI is InChI=1S/C21H28N4O/c1-14(2)22-21(26)23-19-11-10-18(12-19)20-15(3)24-25(16(20)4)13-17-8-6-5-7-9-17/h5-11,14,18-19H,12-13H2,1-4H3,(H2,22,23,26)/t18-,19-/m1/s1. The van der Waals surface area contributed by atoms with Crippen molar-refractivity contribution in [2.45, 2.75) is 58.7 Å². The number of hydrogen-bond donors (Lipinski definition) is 2. The minimum atomic E-state index is -0.108. The molecule has 0 spiro atoms. The number of benzene rings is 1. The second-order valence-corrected chi connectivity index (χ2v) is 7.33. The predicted molar refractivity (Wildman–Crippen MR) is 104 cm³/mol. The molecule has 1 aliphatic carbocycles. The lowest BCUT2D eigenvalue weighted by Crippen LogP contribution is -2.43. The average Bonchev–Trinajstić information content (AvgIpc) is 3.12. The first-order chi connectivity index (χ1) is 12.4. The summed E-state index contributed by atoms with van der Waals surface area (Å²) in [5, 5.41) is 10.7. The molecule has 2 atom stereocenters. The van der Waals surface area contributed by atoms with E-state index in [1.54, 1.807) is 0 Å². The highest BCUT2D eigenvalue weighted by molar-refractivity contribution is 5.74. The van der Waals surface area contributed by atoms with Gasteiger partial charge in [0.05, 0.1) is 12.2 Å². The van der Waals surface area contributed by atoms with Crippen LogP contribution in [0.3, 0.4) is 0 Å². The van der Waals surface area contributed by atoms with E-state index in [0.29, 0.717) is 5.92 Å². The molecule has 1 aromatic carbocycles. The van der Waals surface area contributed by atoms with E-state index in [1.165, 1.54) is 16.8 Å². The summed E-state index contributed by atoms with van der Waals surface area (Å²) in [7, 11) is 0. The SMILES string of the molecule is Cc1nn(Cc2ccccc2)c(C)c1[C@@H]1C=C[C@@H](NC(=O)NC(C)C)C1. The van der Waals surface area contributed by atoms with Crippen LogP contribution in [-0.4, -0.2) is 27.9 Å². The summed E-state index contributed by atoms with van der Waals surface area (Å²) in [4.78, 5) is 11.9. The topological polar surface area (TPSA) is 59.0 Å². The maximum absolute atomic E-state index is 11.9. The van der Waals surface area contributed by atoms with Crippen molar-refractivity contribution in [3.63, 3.8) is 0 Å². The van der Waals surface area contributed by atoms with Crippen molar-refractivity contribution < 1.29 is 4.79 Å². The first kappa shape index (κ1) is 18.2. The molecule has 1 heterocycles. The van der Waals surface area contributed by atoms with Gasteiger partial charge in [-0.05, 0) is 39.7 Å². The fourth-order valence-electron chi connectivity index (χ4n) is 3.65. The van der Waals surface area contributed by atoms with Crippen LogP contribution in [0, 0.1) is 13.8 Å². The average molecular weight is 352 g/mol. The number of nitrogens with zero attached hydrogens (tertiary/aromatic N) is 2. The third-order valence-electron chi connectivity index (χ3n) is 4.80. The molecular formula is C21H28N4O. The number of aryl methyl sites for hydroxylation is 1. The van der Waals surface area contributed by atoms with Crippen molar-refractivity contribution in [2.75, 3.05) is 0 Å². The van der Waals surface area contributed by atoms with Crippen molar-refractivity contribution in [3.8, 4) is 0 Å². The van der Waals surface area contributed by atoms with Crippen molar-refractivity contribution in [1.82, 2.24) is 20.4 Å². The van der Waals surface area contributed by atoms with Gasteiger partial charge < -0.3 is 10.6 Å². The molecule has 0 aliphatic heterocycles. The van der Waals surface area contributed by atoms with Gasteiger partial charge in [-0.2, -0.15) is 5.10 Å². The van der Waals surface area contributed by atoms with Crippen LogP contribution in [0.15, 0.2) is 42.5 Å². The molecule has 3 rings (SSSR count). The second kappa shape index (κ2) is 7.77. The number of allylic oxidation sites excluding steroid dienone is 1. The normalized spacial score (nSPS) is 19.1. The number of rotatable bonds is 5. The lowest BCUT2D eigenvalue weighted by Gasteiger charge is -2.16. The summed E-state index contributed by atoms with van der Waals surface area (Å²) in [5.74, 6) is 0.295. The van der Waals surface area contributed by atoms with Gasteiger partial charge >= 0.3 is 6.03 Å². The molecule has 1 aliphatic rings. The Labute approximate surface area is 155 Å². The molecule has 2 N–H and O–H groups in total. The molecular weight excluding hydrogens is 324 g/mol. The summed E-state index contributed by atoms with van der Waals surface area (Å²) >= 11 is 0. The number of amides is 2. The van der Waals surface area contributed by atoms with E-state index in [0.717, 1.165) is 18.7 Å². The van der Waals surface area contributed by atoms with Crippen LogP contribution in [0.2, 0.25) is 0 Å². The Morgan fingerprint density at radius 1 is 1.23 bits per heavy atom. The lowest BCUT2D eigenvalue weighted by molar-refractivity contribution is 0.236.